The van der Waals surface area contributed by atoms with Gasteiger partial charge in [-0.3, -0.25) is 13.8 Å². The fourth-order valence-electron chi connectivity index (χ4n) is 3.66. The van der Waals surface area contributed by atoms with E-state index in [4.69, 9.17) is 9.47 Å². The Morgan fingerprint density at radius 1 is 0.861 bits per heavy atom. The Labute approximate surface area is 209 Å². The Morgan fingerprint density at radius 3 is 2.14 bits per heavy atom. The Kier molecular flexibility index (Phi) is 7.09. The van der Waals surface area contributed by atoms with Crippen molar-refractivity contribution in [1.82, 2.24) is 0 Å². The summed E-state index contributed by atoms with van der Waals surface area (Å²) in [6.45, 7) is 2.18. The first-order valence-electron chi connectivity index (χ1n) is 10.9. The number of carbonyl (C=O) groups excluding carboxylic acids is 1. The molecule has 1 heterocycles. The zero-order valence-corrected chi connectivity index (χ0v) is 21.2. The molecule has 0 aromatic heterocycles. The molecule has 0 saturated carbocycles. The van der Waals surface area contributed by atoms with Crippen molar-refractivity contribution in [2.45, 2.75) is 17.9 Å². The van der Waals surface area contributed by atoms with Crippen LogP contribution in [0, 0.1) is 0 Å². The molecule has 0 bridgehead atoms. The Balaban J connectivity index is 1.50. The van der Waals surface area contributed by atoms with Crippen LogP contribution in [0.25, 0.3) is 0 Å². The van der Waals surface area contributed by atoms with Gasteiger partial charge in [0.25, 0.3) is 10.0 Å². The number of nitrogens with zero attached hydrogens (tertiary/aromatic N) is 1. The summed E-state index contributed by atoms with van der Waals surface area (Å²) in [5.41, 5.74) is 0.975. The lowest BCUT2D eigenvalue weighted by atomic mass is 10.2. The van der Waals surface area contributed by atoms with Crippen molar-refractivity contribution in [3.05, 3.63) is 72.8 Å². The zero-order chi connectivity index (χ0) is 25.9. The lowest BCUT2D eigenvalue weighted by Crippen LogP contribution is -2.45. The molecule has 4 rings (SSSR count). The number of amides is 1. The summed E-state index contributed by atoms with van der Waals surface area (Å²) in [4.78, 5) is 13.0. The standard InChI is InChI=1S/C24H25N3O7S2/c1-17(27(35(2,29)30)20-10-13-22-23(16-20)34-15-14-33-22)24(28)25-18-8-11-21(12-9-18)36(31,32)26-19-6-4-3-5-7-19/h3-13,16-17,26H,14-15H2,1-2H3,(H,25,28)/t17-/m0/s1. The average Bonchev–Trinajstić information content (AvgIpc) is 2.84. The van der Waals surface area contributed by atoms with E-state index in [0.29, 0.717) is 36.1 Å². The van der Waals surface area contributed by atoms with Gasteiger partial charge in [0.05, 0.1) is 16.8 Å². The summed E-state index contributed by atoms with van der Waals surface area (Å²) in [5.74, 6) is 0.279. The predicted octanol–water partition coefficient (Wildman–Crippen LogP) is 3.05. The number of nitrogens with one attached hydrogen (secondary N) is 2. The fourth-order valence-corrected chi connectivity index (χ4v) is 5.89. The van der Waals surface area contributed by atoms with Crippen molar-refractivity contribution in [2.75, 3.05) is 33.8 Å². The van der Waals surface area contributed by atoms with Crippen LogP contribution < -0.4 is 23.8 Å². The van der Waals surface area contributed by atoms with Gasteiger partial charge in [-0.2, -0.15) is 0 Å². The molecule has 0 unspecified atom stereocenters. The molecular weight excluding hydrogens is 506 g/mol. The van der Waals surface area contributed by atoms with Gasteiger partial charge in [-0.15, -0.1) is 0 Å². The zero-order valence-electron chi connectivity index (χ0n) is 19.5. The van der Waals surface area contributed by atoms with Crippen LogP contribution >= 0.6 is 0 Å². The molecule has 10 nitrogen and oxygen atoms in total. The molecule has 3 aromatic carbocycles. The highest BCUT2D eigenvalue weighted by atomic mass is 32.2. The van der Waals surface area contributed by atoms with Gasteiger partial charge in [0.2, 0.25) is 15.9 Å². The first-order chi connectivity index (χ1) is 17.0. The van der Waals surface area contributed by atoms with Gasteiger partial charge in [0.15, 0.2) is 11.5 Å². The number of para-hydroxylation sites is 1. The Bertz CT molecular complexity index is 1460. The second-order valence-corrected chi connectivity index (χ2v) is 11.6. The number of fused-ring (bicyclic) bond motifs is 1. The van der Waals surface area contributed by atoms with Crippen LogP contribution in [0.4, 0.5) is 17.1 Å². The molecule has 36 heavy (non-hydrogen) atoms. The van der Waals surface area contributed by atoms with Crippen LogP contribution in [-0.2, 0) is 24.8 Å². The molecule has 1 aliphatic heterocycles. The smallest absolute Gasteiger partial charge is 0.261 e. The monoisotopic (exact) mass is 531 g/mol. The van der Waals surface area contributed by atoms with Gasteiger partial charge >= 0.3 is 0 Å². The van der Waals surface area contributed by atoms with Gasteiger partial charge in [-0.05, 0) is 55.5 Å². The molecule has 1 atom stereocenters. The molecule has 190 valence electrons. The summed E-state index contributed by atoms with van der Waals surface area (Å²) in [5, 5.41) is 2.64. The third-order valence-corrected chi connectivity index (χ3v) is 7.97. The summed E-state index contributed by atoms with van der Waals surface area (Å²) in [7, 11) is -7.67. The number of ether oxygens (including phenoxy) is 2. The first kappa shape index (κ1) is 25.3. The largest absolute Gasteiger partial charge is 0.486 e. The number of hydrogen-bond donors (Lipinski definition) is 2. The second-order valence-electron chi connectivity index (χ2n) is 8.05. The third kappa shape index (κ3) is 5.71. The summed E-state index contributed by atoms with van der Waals surface area (Å²) in [6.07, 6.45) is 1.01. The minimum absolute atomic E-state index is 0.00596. The Morgan fingerprint density at radius 2 is 1.50 bits per heavy atom. The molecule has 0 aliphatic carbocycles. The molecule has 0 spiro atoms. The van der Waals surface area contributed by atoms with Crippen molar-refractivity contribution < 1.29 is 31.1 Å². The molecule has 0 fully saturated rings. The van der Waals surface area contributed by atoms with Gasteiger partial charge in [-0.25, -0.2) is 16.8 Å². The van der Waals surface area contributed by atoms with Crippen LogP contribution in [-0.4, -0.2) is 48.3 Å². The average molecular weight is 532 g/mol. The van der Waals surface area contributed by atoms with E-state index in [1.54, 1.807) is 36.4 Å². The number of hydrogen-bond acceptors (Lipinski definition) is 7. The molecule has 3 aromatic rings. The maximum Gasteiger partial charge on any atom is 0.261 e. The molecule has 2 N–H and O–H groups in total. The number of carbonyl (C=O) groups is 1. The van der Waals surface area contributed by atoms with Crippen molar-refractivity contribution in [1.29, 1.82) is 0 Å². The van der Waals surface area contributed by atoms with E-state index in [9.17, 15) is 21.6 Å². The van der Waals surface area contributed by atoms with Crippen molar-refractivity contribution in [3.63, 3.8) is 0 Å². The number of benzene rings is 3. The van der Waals surface area contributed by atoms with E-state index >= 15 is 0 Å². The van der Waals surface area contributed by atoms with E-state index in [0.717, 1.165) is 10.6 Å². The number of anilines is 3. The van der Waals surface area contributed by atoms with Gasteiger partial charge < -0.3 is 14.8 Å². The molecule has 12 heteroatoms. The predicted molar refractivity (Wildman–Crippen MR) is 137 cm³/mol. The minimum atomic E-state index is -3.85. The molecule has 1 amide bonds. The van der Waals surface area contributed by atoms with Crippen LogP contribution in [0.3, 0.4) is 0 Å². The Hall–Kier alpha value is -3.77. The quantitative estimate of drug-likeness (QED) is 0.457. The molecule has 0 radical (unpaired) electrons. The van der Waals surface area contributed by atoms with Crippen LogP contribution in [0.2, 0.25) is 0 Å². The second kappa shape index (κ2) is 10.1. The van der Waals surface area contributed by atoms with E-state index < -0.39 is 32.0 Å². The van der Waals surface area contributed by atoms with Crippen molar-refractivity contribution in [3.8, 4) is 11.5 Å². The van der Waals surface area contributed by atoms with E-state index in [1.165, 1.54) is 43.3 Å². The number of rotatable bonds is 8. The maximum atomic E-state index is 13.0. The summed E-state index contributed by atoms with van der Waals surface area (Å²) < 4.78 is 64.9. The molecule has 1 aliphatic rings. The van der Waals surface area contributed by atoms with Gasteiger partial charge in [-0.1, -0.05) is 18.2 Å². The SMILES string of the molecule is C[C@@H](C(=O)Nc1ccc(S(=O)(=O)Nc2ccccc2)cc1)N(c1ccc2c(c1)OCCO2)S(C)(=O)=O. The van der Waals surface area contributed by atoms with Crippen LogP contribution in [0.15, 0.2) is 77.7 Å². The lowest BCUT2D eigenvalue weighted by Gasteiger charge is -2.29. The van der Waals surface area contributed by atoms with Gasteiger partial charge in [0, 0.05) is 17.4 Å². The topological polar surface area (TPSA) is 131 Å². The first-order valence-corrected chi connectivity index (χ1v) is 14.3. The maximum absolute atomic E-state index is 13.0. The highest BCUT2D eigenvalue weighted by molar-refractivity contribution is 7.92. The molecular formula is C24H25N3O7S2. The normalized spacial score (nSPS) is 13.9. The van der Waals surface area contributed by atoms with E-state index in [2.05, 4.69) is 10.0 Å². The third-order valence-electron chi connectivity index (χ3n) is 5.33. The van der Waals surface area contributed by atoms with E-state index in [-0.39, 0.29) is 10.6 Å². The minimum Gasteiger partial charge on any atom is -0.486 e. The summed E-state index contributed by atoms with van der Waals surface area (Å²) in [6, 6.07) is 17.5. The fraction of sp³-hybridized carbons (Fsp3) is 0.208. The van der Waals surface area contributed by atoms with Crippen molar-refractivity contribution in [2.24, 2.45) is 0 Å². The number of sulfonamides is 2. The van der Waals surface area contributed by atoms with Gasteiger partial charge in [0.1, 0.15) is 19.3 Å². The highest BCUT2D eigenvalue weighted by Gasteiger charge is 2.30. The summed E-state index contributed by atoms with van der Waals surface area (Å²) >= 11 is 0. The van der Waals surface area contributed by atoms with Crippen LogP contribution in [0.5, 0.6) is 11.5 Å². The lowest BCUT2D eigenvalue weighted by molar-refractivity contribution is -0.116. The van der Waals surface area contributed by atoms with Crippen LogP contribution in [0.1, 0.15) is 6.92 Å². The molecule has 0 saturated heterocycles. The highest BCUT2D eigenvalue weighted by Crippen LogP contribution is 2.35. The van der Waals surface area contributed by atoms with Crippen molar-refractivity contribution >= 4 is 43.0 Å². The van der Waals surface area contributed by atoms with E-state index in [1.807, 2.05) is 0 Å².